The third-order valence-electron chi connectivity index (χ3n) is 4.19. The van der Waals surface area contributed by atoms with Gasteiger partial charge in [-0.3, -0.25) is 4.79 Å². The van der Waals surface area contributed by atoms with Crippen LogP contribution in [0.15, 0.2) is 53.1 Å². The molecule has 0 radical (unpaired) electrons. The SMILES string of the molecule is CN(C)/C=C/c1nc2cc(NC(=O)c3ccc(C(C)(C)C)cc3)ccc2o1. The molecule has 0 spiro atoms. The maximum absolute atomic E-state index is 12.5. The zero-order valence-corrected chi connectivity index (χ0v) is 16.4. The van der Waals surface area contributed by atoms with Gasteiger partial charge in [0.1, 0.15) is 5.52 Å². The predicted octanol–water partition coefficient (Wildman–Crippen LogP) is 4.91. The molecule has 0 fully saturated rings. The summed E-state index contributed by atoms with van der Waals surface area (Å²) < 4.78 is 5.67. The van der Waals surface area contributed by atoms with Crippen molar-refractivity contribution < 1.29 is 9.21 Å². The van der Waals surface area contributed by atoms with Gasteiger partial charge in [0, 0.05) is 37.6 Å². The Morgan fingerprint density at radius 3 is 2.44 bits per heavy atom. The van der Waals surface area contributed by atoms with Crippen molar-refractivity contribution in [2.75, 3.05) is 19.4 Å². The average Bonchev–Trinajstić information content (AvgIpc) is 3.01. The van der Waals surface area contributed by atoms with Crippen LogP contribution in [0.2, 0.25) is 0 Å². The van der Waals surface area contributed by atoms with Crippen LogP contribution in [0.1, 0.15) is 42.6 Å². The van der Waals surface area contributed by atoms with E-state index in [9.17, 15) is 4.79 Å². The quantitative estimate of drug-likeness (QED) is 0.715. The predicted molar refractivity (Wildman–Crippen MR) is 110 cm³/mol. The minimum Gasteiger partial charge on any atom is -0.437 e. The molecule has 140 valence electrons. The number of rotatable bonds is 4. The molecular weight excluding hydrogens is 338 g/mol. The number of fused-ring (bicyclic) bond motifs is 1. The Bertz CT molecular complexity index is 977. The van der Waals surface area contributed by atoms with Gasteiger partial charge in [0.25, 0.3) is 5.91 Å². The van der Waals surface area contributed by atoms with Crippen molar-refractivity contribution in [2.45, 2.75) is 26.2 Å². The monoisotopic (exact) mass is 363 g/mol. The highest BCUT2D eigenvalue weighted by Crippen LogP contribution is 2.23. The molecule has 0 saturated carbocycles. The summed E-state index contributed by atoms with van der Waals surface area (Å²) in [6, 6.07) is 13.1. The lowest BCUT2D eigenvalue weighted by Crippen LogP contribution is -2.14. The molecule has 0 aliphatic carbocycles. The van der Waals surface area contributed by atoms with Crippen LogP contribution in [0, 0.1) is 0 Å². The minimum absolute atomic E-state index is 0.0612. The van der Waals surface area contributed by atoms with Crippen LogP contribution >= 0.6 is 0 Å². The summed E-state index contributed by atoms with van der Waals surface area (Å²) in [5.74, 6) is 0.381. The summed E-state index contributed by atoms with van der Waals surface area (Å²) in [7, 11) is 3.86. The van der Waals surface area contributed by atoms with Crippen LogP contribution in [0.5, 0.6) is 0 Å². The molecule has 27 heavy (non-hydrogen) atoms. The standard InChI is InChI=1S/C22H25N3O2/c1-22(2,3)16-8-6-15(7-9-16)21(26)23-17-10-11-19-18(14-17)24-20(27-19)12-13-25(4)5/h6-14H,1-5H3,(H,23,26)/b13-12+. The first-order chi connectivity index (χ1) is 12.7. The molecule has 1 amide bonds. The average molecular weight is 363 g/mol. The maximum atomic E-state index is 12.5. The molecule has 1 N–H and O–H groups in total. The van der Waals surface area contributed by atoms with E-state index in [1.807, 2.05) is 67.7 Å². The number of carbonyl (C=O) groups excluding carboxylic acids is 1. The Hall–Kier alpha value is -3.08. The van der Waals surface area contributed by atoms with Gasteiger partial charge in [-0.2, -0.15) is 0 Å². The van der Waals surface area contributed by atoms with Gasteiger partial charge in [0.05, 0.1) is 0 Å². The number of nitrogens with one attached hydrogen (secondary N) is 1. The second kappa shape index (κ2) is 7.27. The van der Waals surface area contributed by atoms with Crippen molar-refractivity contribution in [2.24, 2.45) is 0 Å². The van der Waals surface area contributed by atoms with E-state index in [2.05, 4.69) is 31.1 Å². The number of anilines is 1. The molecule has 0 aliphatic heterocycles. The molecule has 0 atom stereocenters. The molecular formula is C22H25N3O2. The number of benzene rings is 2. The molecule has 5 nitrogen and oxygen atoms in total. The molecule has 0 bridgehead atoms. The number of carbonyl (C=O) groups is 1. The van der Waals surface area contributed by atoms with Crippen LogP contribution in [-0.2, 0) is 5.41 Å². The summed E-state index contributed by atoms with van der Waals surface area (Å²) in [6.45, 7) is 6.45. The van der Waals surface area contributed by atoms with Crippen LogP contribution in [-0.4, -0.2) is 29.9 Å². The minimum atomic E-state index is -0.147. The number of hydrogen-bond acceptors (Lipinski definition) is 4. The van der Waals surface area contributed by atoms with Gasteiger partial charge < -0.3 is 14.6 Å². The first-order valence-electron chi connectivity index (χ1n) is 8.89. The summed E-state index contributed by atoms with van der Waals surface area (Å²) in [5, 5.41) is 2.92. The summed E-state index contributed by atoms with van der Waals surface area (Å²) in [6.07, 6.45) is 3.67. The molecule has 5 heteroatoms. The second-order valence-electron chi connectivity index (χ2n) is 7.80. The number of nitrogens with zero attached hydrogens (tertiary/aromatic N) is 2. The van der Waals surface area contributed by atoms with Gasteiger partial charge in [0.2, 0.25) is 5.89 Å². The van der Waals surface area contributed by atoms with Crippen LogP contribution in [0.4, 0.5) is 5.69 Å². The molecule has 3 aromatic rings. The van der Waals surface area contributed by atoms with Gasteiger partial charge in [-0.25, -0.2) is 4.98 Å². The second-order valence-corrected chi connectivity index (χ2v) is 7.80. The van der Waals surface area contributed by atoms with Gasteiger partial charge in [0.15, 0.2) is 5.58 Å². The number of amides is 1. The van der Waals surface area contributed by atoms with E-state index < -0.39 is 0 Å². The number of oxazole rings is 1. The highest BCUT2D eigenvalue weighted by molar-refractivity contribution is 6.04. The summed E-state index contributed by atoms with van der Waals surface area (Å²) >= 11 is 0. The Labute approximate surface area is 159 Å². The molecule has 0 unspecified atom stereocenters. The molecule has 3 rings (SSSR count). The molecule has 1 heterocycles. The van der Waals surface area contributed by atoms with Crippen molar-refractivity contribution in [1.29, 1.82) is 0 Å². The third kappa shape index (κ3) is 4.56. The number of aromatic nitrogens is 1. The van der Waals surface area contributed by atoms with E-state index in [1.165, 1.54) is 5.56 Å². The van der Waals surface area contributed by atoms with Gasteiger partial charge in [-0.05, 0) is 41.3 Å². The van der Waals surface area contributed by atoms with Gasteiger partial charge >= 0.3 is 0 Å². The van der Waals surface area contributed by atoms with E-state index in [1.54, 1.807) is 6.08 Å². The van der Waals surface area contributed by atoms with Gasteiger partial charge in [-0.1, -0.05) is 32.9 Å². The van der Waals surface area contributed by atoms with Crippen molar-refractivity contribution in [3.05, 3.63) is 65.7 Å². The fraction of sp³-hybridized carbons (Fsp3) is 0.273. The fourth-order valence-electron chi connectivity index (χ4n) is 2.63. The zero-order chi connectivity index (χ0) is 19.6. The lowest BCUT2D eigenvalue weighted by Gasteiger charge is -2.19. The lowest BCUT2D eigenvalue weighted by atomic mass is 9.87. The normalized spacial score (nSPS) is 11.9. The largest absolute Gasteiger partial charge is 0.437 e. The Morgan fingerprint density at radius 1 is 1.11 bits per heavy atom. The third-order valence-corrected chi connectivity index (χ3v) is 4.19. The van der Waals surface area contributed by atoms with E-state index >= 15 is 0 Å². The molecule has 0 saturated heterocycles. The Morgan fingerprint density at radius 2 is 1.81 bits per heavy atom. The zero-order valence-electron chi connectivity index (χ0n) is 16.4. The van der Waals surface area contributed by atoms with Crippen LogP contribution in [0.25, 0.3) is 17.2 Å². The van der Waals surface area contributed by atoms with Gasteiger partial charge in [-0.15, -0.1) is 0 Å². The van der Waals surface area contributed by atoms with Crippen LogP contribution in [0.3, 0.4) is 0 Å². The van der Waals surface area contributed by atoms with Crippen molar-refractivity contribution in [1.82, 2.24) is 9.88 Å². The first kappa shape index (κ1) is 18.7. The first-order valence-corrected chi connectivity index (χ1v) is 8.89. The molecule has 1 aromatic heterocycles. The topological polar surface area (TPSA) is 58.4 Å². The molecule has 2 aromatic carbocycles. The Kier molecular flexibility index (Phi) is 5.04. The highest BCUT2D eigenvalue weighted by Gasteiger charge is 2.14. The van der Waals surface area contributed by atoms with Crippen molar-refractivity contribution in [3.63, 3.8) is 0 Å². The lowest BCUT2D eigenvalue weighted by molar-refractivity contribution is 0.102. The molecule has 0 aliphatic rings. The highest BCUT2D eigenvalue weighted by atomic mass is 16.3. The van der Waals surface area contributed by atoms with E-state index in [-0.39, 0.29) is 11.3 Å². The van der Waals surface area contributed by atoms with E-state index in [0.717, 1.165) is 0 Å². The van der Waals surface area contributed by atoms with Crippen molar-refractivity contribution in [3.8, 4) is 0 Å². The maximum Gasteiger partial charge on any atom is 0.255 e. The van der Waals surface area contributed by atoms with E-state index in [4.69, 9.17) is 4.42 Å². The summed E-state index contributed by atoms with van der Waals surface area (Å²) in [4.78, 5) is 18.9. The smallest absolute Gasteiger partial charge is 0.255 e. The Balaban J connectivity index is 1.76. The summed E-state index contributed by atoms with van der Waals surface area (Å²) in [5.41, 5.74) is 3.95. The van der Waals surface area contributed by atoms with E-state index in [0.29, 0.717) is 28.2 Å². The fourth-order valence-corrected chi connectivity index (χ4v) is 2.63. The van der Waals surface area contributed by atoms with Crippen molar-refractivity contribution >= 4 is 28.8 Å². The van der Waals surface area contributed by atoms with Crippen LogP contribution < -0.4 is 5.32 Å². The number of hydrogen-bond donors (Lipinski definition) is 1.